The van der Waals surface area contributed by atoms with E-state index in [0.717, 1.165) is 55.9 Å². The maximum absolute atomic E-state index is 13.9. The smallest absolute Gasteiger partial charge is 0.161 e. The molecule has 0 spiro atoms. The first-order valence-corrected chi connectivity index (χ1v) is 9.12. The van der Waals surface area contributed by atoms with Gasteiger partial charge in [-0.15, -0.1) is 0 Å². The standard InChI is InChI=1S/C20H16F2N6/c21-14-9-16-17(10-15(14)22)28-19-12(8-13(11-23)20(28)25-16)2-3-18(26-19)27-6-1-4-24-5-7-27/h2-3,8-10,24H,1,4-7H2. The van der Waals surface area contributed by atoms with E-state index >= 15 is 0 Å². The number of imidazole rings is 1. The molecule has 0 unspecified atom stereocenters. The third-order valence-electron chi connectivity index (χ3n) is 5.12. The average molecular weight is 378 g/mol. The van der Waals surface area contributed by atoms with Gasteiger partial charge >= 0.3 is 0 Å². The Morgan fingerprint density at radius 2 is 1.86 bits per heavy atom. The highest BCUT2D eigenvalue weighted by molar-refractivity contribution is 5.91. The van der Waals surface area contributed by atoms with Crippen molar-refractivity contribution in [3.05, 3.63) is 47.5 Å². The lowest BCUT2D eigenvalue weighted by atomic mass is 10.2. The SMILES string of the molecule is N#Cc1cc2ccc(N3CCCNCC3)nc2n2c1nc1cc(F)c(F)cc12. The first-order valence-electron chi connectivity index (χ1n) is 9.12. The maximum atomic E-state index is 13.9. The molecule has 0 saturated carbocycles. The largest absolute Gasteiger partial charge is 0.355 e. The van der Waals surface area contributed by atoms with E-state index in [4.69, 9.17) is 4.98 Å². The summed E-state index contributed by atoms with van der Waals surface area (Å²) < 4.78 is 29.3. The highest BCUT2D eigenvalue weighted by Gasteiger charge is 2.18. The molecule has 1 aromatic carbocycles. The number of aromatic nitrogens is 3. The van der Waals surface area contributed by atoms with E-state index < -0.39 is 11.6 Å². The van der Waals surface area contributed by atoms with Crippen LogP contribution in [0.15, 0.2) is 30.3 Å². The van der Waals surface area contributed by atoms with Gasteiger partial charge in [-0.2, -0.15) is 5.26 Å². The van der Waals surface area contributed by atoms with Crippen molar-refractivity contribution >= 4 is 33.5 Å². The fourth-order valence-electron chi connectivity index (χ4n) is 3.76. The van der Waals surface area contributed by atoms with Gasteiger partial charge in [0.1, 0.15) is 17.5 Å². The molecule has 4 heterocycles. The van der Waals surface area contributed by atoms with Crippen LogP contribution in [0.2, 0.25) is 0 Å². The van der Waals surface area contributed by atoms with E-state index in [2.05, 4.69) is 21.3 Å². The Labute approximate surface area is 159 Å². The van der Waals surface area contributed by atoms with Gasteiger partial charge in [0.2, 0.25) is 0 Å². The van der Waals surface area contributed by atoms with Crippen LogP contribution in [0.5, 0.6) is 0 Å². The van der Waals surface area contributed by atoms with E-state index in [9.17, 15) is 14.0 Å². The van der Waals surface area contributed by atoms with Crippen molar-refractivity contribution in [2.75, 3.05) is 31.1 Å². The van der Waals surface area contributed by atoms with Crippen molar-refractivity contribution in [2.24, 2.45) is 0 Å². The van der Waals surface area contributed by atoms with Gasteiger partial charge in [0.25, 0.3) is 0 Å². The average Bonchev–Trinajstić information content (AvgIpc) is 2.89. The first-order chi connectivity index (χ1) is 13.7. The molecule has 1 aliphatic rings. The van der Waals surface area contributed by atoms with Crippen molar-refractivity contribution in [3.63, 3.8) is 0 Å². The minimum Gasteiger partial charge on any atom is -0.355 e. The van der Waals surface area contributed by atoms with Gasteiger partial charge in [0.05, 0.1) is 16.6 Å². The zero-order chi connectivity index (χ0) is 19.3. The lowest BCUT2D eigenvalue weighted by Gasteiger charge is -2.21. The monoisotopic (exact) mass is 378 g/mol. The van der Waals surface area contributed by atoms with E-state index in [0.29, 0.717) is 22.4 Å². The highest BCUT2D eigenvalue weighted by Crippen LogP contribution is 2.28. The molecule has 1 aliphatic heterocycles. The predicted octanol–water partition coefficient (Wildman–Crippen LogP) is 2.99. The molecular formula is C20H16F2N6. The predicted molar refractivity (Wildman–Crippen MR) is 102 cm³/mol. The number of hydrogen-bond acceptors (Lipinski definition) is 5. The molecule has 0 atom stereocenters. The summed E-state index contributed by atoms with van der Waals surface area (Å²) in [6.45, 7) is 3.57. The minimum atomic E-state index is -0.968. The molecule has 1 N–H and O–H groups in total. The van der Waals surface area contributed by atoms with E-state index in [-0.39, 0.29) is 5.52 Å². The van der Waals surface area contributed by atoms with Gasteiger partial charge in [0.15, 0.2) is 17.3 Å². The number of pyridine rings is 2. The second-order valence-corrected chi connectivity index (χ2v) is 6.87. The van der Waals surface area contributed by atoms with Crippen LogP contribution in [0.25, 0.3) is 27.7 Å². The molecule has 140 valence electrons. The second-order valence-electron chi connectivity index (χ2n) is 6.87. The van der Waals surface area contributed by atoms with E-state index in [1.807, 2.05) is 12.1 Å². The zero-order valence-corrected chi connectivity index (χ0v) is 14.9. The molecule has 4 aromatic rings. The summed E-state index contributed by atoms with van der Waals surface area (Å²) in [6.07, 6.45) is 1.01. The van der Waals surface area contributed by atoms with Crippen molar-refractivity contribution in [2.45, 2.75) is 6.42 Å². The number of hydrogen-bond donors (Lipinski definition) is 1. The van der Waals surface area contributed by atoms with Gasteiger partial charge < -0.3 is 10.2 Å². The number of anilines is 1. The molecule has 0 bridgehead atoms. The van der Waals surface area contributed by atoms with Gasteiger partial charge in [-0.3, -0.25) is 4.40 Å². The molecule has 5 rings (SSSR count). The number of halogens is 2. The molecule has 1 fully saturated rings. The molecular weight excluding hydrogens is 362 g/mol. The summed E-state index contributed by atoms with van der Waals surface area (Å²) in [5, 5.41) is 13.6. The van der Waals surface area contributed by atoms with Crippen LogP contribution in [-0.4, -0.2) is 40.5 Å². The maximum Gasteiger partial charge on any atom is 0.161 e. The summed E-state index contributed by atoms with van der Waals surface area (Å²) in [5.41, 5.74) is 1.92. The van der Waals surface area contributed by atoms with Crippen LogP contribution in [0, 0.1) is 23.0 Å². The Morgan fingerprint density at radius 3 is 2.71 bits per heavy atom. The van der Waals surface area contributed by atoms with Crippen molar-refractivity contribution in [1.29, 1.82) is 5.26 Å². The van der Waals surface area contributed by atoms with Crippen LogP contribution < -0.4 is 10.2 Å². The first kappa shape index (κ1) is 16.8. The van der Waals surface area contributed by atoms with Crippen molar-refractivity contribution in [3.8, 4) is 6.07 Å². The lowest BCUT2D eigenvalue weighted by molar-refractivity contribution is 0.510. The number of nitrogens with one attached hydrogen (secondary N) is 1. The van der Waals surface area contributed by atoms with Crippen LogP contribution in [0.1, 0.15) is 12.0 Å². The van der Waals surface area contributed by atoms with Crippen LogP contribution in [-0.2, 0) is 0 Å². The second kappa shape index (κ2) is 6.39. The van der Waals surface area contributed by atoms with Gasteiger partial charge in [-0.25, -0.2) is 18.7 Å². The summed E-state index contributed by atoms with van der Waals surface area (Å²) in [4.78, 5) is 11.4. The topological polar surface area (TPSA) is 69.2 Å². The van der Waals surface area contributed by atoms with Gasteiger partial charge in [-0.05, 0) is 31.2 Å². The fourth-order valence-corrected chi connectivity index (χ4v) is 3.76. The molecule has 3 aromatic heterocycles. The Balaban J connectivity index is 1.83. The Kier molecular flexibility index (Phi) is 3.84. The van der Waals surface area contributed by atoms with Crippen molar-refractivity contribution < 1.29 is 8.78 Å². The Bertz CT molecular complexity index is 1270. The van der Waals surface area contributed by atoms with Crippen LogP contribution in [0.4, 0.5) is 14.6 Å². The molecule has 0 amide bonds. The quantitative estimate of drug-likeness (QED) is 0.552. The number of nitriles is 1. The number of nitrogens with zero attached hydrogens (tertiary/aromatic N) is 5. The molecule has 1 saturated heterocycles. The molecule has 28 heavy (non-hydrogen) atoms. The third kappa shape index (κ3) is 2.55. The zero-order valence-electron chi connectivity index (χ0n) is 14.9. The molecule has 8 heteroatoms. The van der Waals surface area contributed by atoms with Gasteiger partial charge in [-0.1, -0.05) is 0 Å². The Hall–Kier alpha value is -3.31. The molecule has 0 aliphatic carbocycles. The third-order valence-corrected chi connectivity index (χ3v) is 5.12. The van der Waals surface area contributed by atoms with Gasteiger partial charge in [0, 0.05) is 37.2 Å². The van der Waals surface area contributed by atoms with E-state index in [1.54, 1.807) is 10.5 Å². The number of benzene rings is 1. The summed E-state index contributed by atoms with van der Waals surface area (Å²) in [5.74, 6) is -1.12. The Morgan fingerprint density at radius 1 is 1.00 bits per heavy atom. The normalized spacial score (nSPS) is 15.2. The number of rotatable bonds is 1. The summed E-state index contributed by atoms with van der Waals surface area (Å²) in [7, 11) is 0. The molecule has 6 nitrogen and oxygen atoms in total. The minimum absolute atomic E-state index is 0.286. The van der Waals surface area contributed by atoms with Crippen LogP contribution >= 0.6 is 0 Å². The lowest BCUT2D eigenvalue weighted by Crippen LogP contribution is -2.28. The highest BCUT2D eigenvalue weighted by atomic mass is 19.2. The fraction of sp³-hybridized carbons (Fsp3) is 0.250. The van der Waals surface area contributed by atoms with E-state index in [1.165, 1.54) is 0 Å². The summed E-state index contributed by atoms with van der Waals surface area (Å²) >= 11 is 0. The number of fused-ring (bicyclic) bond motifs is 5. The van der Waals surface area contributed by atoms with Crippen molar-refractivity contribution in [1.82, 2.24) is 19.7 Å². The van der Waals surface area contributed by atoms with Crippen LogP contribution in [0.3, 0.4) is 0 Å². The molecule has 0 radical (unpaired) electrons. The summed E-state index contributed by atoms with van der Waals surface area (Å²) in [6, 6.07) is 9.83.